The van der Waals surface area contributed by atoms with Gasteiger partial charge in [-0.05, 0) is 43.0 Å². The largest absolute Gasteiger partial charge is 0.391 e. The molecule has 1 saturated heterocycles. The molecular weight excluding hydrogens is 297 g/mol. The number of carbonyl (C=O) groups is 1. The van der Waals surface area contributed by atoms with Gasteiger partial charge in [-0.15, -0.1) is 0 Å². The van der Waals surface area contributed by atoms with E-state index in [0.717, 1.165) is 24.1 Å². The molecule has 2 aromatic rings. The monoisotopic (exact) mass is 315 g/mol. The van der Waals surface area contributed by atoms with Crippen LogP contribution in [0.25, 0.3) is 0 Å². The minimum Gasteiger partial charge on any atom is -0.391 e. The number of β-amino-alcohol motifs (C(OH)–C–C–N with tert-alkyl or cyclic N) is 1. The summed E-state index contributed by atoms with van der Waals surface area (Å²) in [4.78, 5) is 14.4. The van der Waals surface area contributed by atoms with Gasteiger partial charge in [0.25, 0.3) is 5.91 Å². The van der Waals surface area contributed by atoms with E-state index in [-0.39, 0.29) is 24.3 Å². The SMILES string of the molecule is O=C(c1cc(C2CC2)[nH]n1)N1C[C@@H](O)C[C@@H]1c1ccc(F)cc1. The van der Waals surface area contributed by atoms with Crippen LogP contribution in [-0.2, 0) is 0 Å². The minimum absolute atomic E-state index is 0.195. The Kier molecular flexibility index (Phi) is 3.41. The molecule has 0 spiro atoms. The average Bonchev–Trinajstić information content (AvgIpc) is 3.14. The molecule has 2 fully saturated rings. The molecule has 23 heavy (non-hydrogen) atoms. The number of benzene rings is 1. The van der Waals surface area contributed by atoms with Crippen LogP contribution in [0, 0.1) is 5.82 Å². The van der Waals surface area contributed by atoms with Crippen molar-refractivity contribution in [3.05, 3.63) is 53.1 Å². The molecule has 1 amide bonds. The quantitative estimate of drug-likeness (QED) is 0.913. The van der Waals surface area contributed by atoms with Crippen molar-refractivity contribution < 1.29 is 14.3 Å². The van der Waals surface area contributed by atoms with Gasteiger partial charge in [-0.1, -0.05) is 12.1 Å². The van der Waals surface area contributed by atoms with Crippen LogP contribution in [-0.4, -0.2) is 38.8 Å². The fraction of sp³-hybridized carbons (Fsp3) is 0.412. The maximum Gasteiger partial charge on any atom is 0.274 e. The number of hydrogen-bond acceptors (Lipinski definition) is 3. The number of likely N-dealkylation sites (tertiary alicyclic amines) is 1. The zero-order chi connectivity index (χ0) is 16.0. The third kappa shape index (κ3) is 2.74. The number of aromatic nitrogens is 2. The lowest BCUT2D eigenvalue weighted by Crippen LogP contribution is -2.32. The first-order valence-corrected chi connectivity index (χ1v) is 7.91. The molecule has 120 valence electrons. The predicted molar refractivity (Wildman–Crippen MR) is 81.4 cm³/mol. The first-order valence-electron chi connectivity index (χ1n) is 7.91. The Labute approximate surface area is 133 Å². The average molecular weight is 315 g/mol. The third-order valence-electron chi connectivity index (χ3n) is 4.63. The predicted octanol–water partition coefficient (Wildman–Crippen LogP) is 2.37. The number of nitrogens with zero attached hydrogens (tertiary/aromatic N) is 2. The van der Waals surface area contributed by atoms with Crippen LogP contribution < -0.4 is 0 Å². The highest BCUT2D eigenvalue weighted by Crippen LogP contribution is 2.39. The number of aliphatic hydroxyl groups excluding tert-OH is 1. The summed E-state index contributed by atoms with van der Waals surface area (Å²) >= 11 is 0. The summed E-state index contributed by atoms with van der Waals surface area (Å²) in [6, 6.07) is 7.65. The molecule has 4 rings (SSSR count). The first-order chi connectivity index (χ1) is 11.1. The van der Waals surface area contributed by atoms with Gasteiger partial charge in [-0.25, -0.2) is 4.39 Å². The summed E-state index contributed by atoms with van der Waals surface area (Å²) in [6.07, 6.45) is 2.15. The van der Waals surface area contributed by atoms with Gasteiger partial charge in [-0.3, -0.25) is 9.89 Å². The Hall–Kier alpha value is -2.21. The zero-order valence-electron chi connectivity index (χ0n) is 12.6. The van der Waals surface area contributed by atoms with E-state index in [0.29, 0.717) is 18.0 Å². The second-order valence-electron chi connectivity index (χ2n) is 6.40. The van der Waals surface area contributed by atoms with Gasteiger partial charge in [0.05, 0.1) is 12.1 Å². The summed E-state index contributed by atoms with van der Waals surface area (Å²) in [6.45, 7) is 0.270. The van der Waals surface area contributed by atoms with E-state index in [4.69, 9.17) is 0 Å². The molecule has 0 bridgehead atoms. The van der Waals surface area contributed by atoms with Crippen LogP contribution in [0.1, 0.15) is 53.0 Å². The second kappa shape index (κ2) is 5.45. The Bertz CT molecular complexity index is 724. The Morgan fingerprint density at radius 2 is 2.04 bits per heavy atom. The van der Waals surface area contributed by atoms with Gasteiger partial charge in [-0.2, -0.15) is 5.10 Å². The molecule has 0 unspecified atom stereocenters. The highest BCUT2D eigenvalue weighted by atomic mass is 19.1. The molecule has 2 aliphatic rings. The van der Waals surface area contributed by atoms with Crippen molar-refractivity contribution in [2.45, 2.75) is 37.3 Å². The number of carbonyl (C=O) groups excluding carboxylic acids is 1. The molecule has 1 aromatic heterocycles. The Balaban J connectivity index is 1.59. The maximum absolute atomic E-state index is 13.1. The van der Waals surface area contributed by atoms with Crippen LogP contribution in [0.3, 0.4) is 0 Å². The number of H-pyrrole nitrogens is 1. The fourth-order valence-electron chi connectivity index (χ4n) is 3.24. The number of halogens is 1. The molecule has 5 nitrogen and oxygen atoms in total. The highest BCUT2D eigenvalue weighted by Gasteiger charge is 2.37. The van der Waals surface area contributed by atoms with E-state index in [2.05, 4.69) is 10.2 Å². The van der Waals surface area contributed by atoms with E-state index in [9.17, 15) is 14.3 Å². The Morgan fingerprint density at radius 1 is 1.30 bits per heavy atom. The molecule has 6 heteroatoms. The number of nitrogens with one attached hydrogen (secondary N) is 1. The van der Waals surface area contributed by atoms with E-state index in [1.165, 1.54) is 12.1 Å². The van der Waals surface area contributed by atoms with Gasteiger partial charge in [0.15, 0.2) is 0 Å². The van der Waals surface area contributed by atoms with Crippen molar-refractivity contribution in [1.82, 2.24) is 15.1 Å². The number of aromatic amines is 1. The molecular formula is C17H18FN3O2. The van der Waals surface area contributed by atoms with Gasteiger partial charge in [0, 0.05) is 18.2 Å². The van der Waals surface area contributed by atoms with Crippen molar-refractivity contribution in [3.63, 3.8) is 0 Å². The summed E-state index contributed by atoms with van der Waals surface area (Å²) in [5.74, 6) is -0.00770. The van der Waals surface area contributed by atoms with Crippen LogP contribution in [0.2, 0.25) is 0 Å². The highest BCUT2D eigenvalue weighted by molar-refractivity contribution is 5.93. The molecule has 1 aliphatic heterocycles. The number of hydrogen-bond donors (Lipinski definition) is 2. The smallest absolute Gasteiger partial charge is 0.274 e. The molecule has 0 radical (unpaired) electrons. The molecule has 1 aromatic carbocycles. The van der Waals surface area contributed by atoms with Gasteiger partial charge >= 0.3 is 0 Å². The van der Waals surface area contributed by atoms with Gasteiger partial charge in [0.2, 0.25) is 0 Å². The molecule has 2 heterocycles. The summed E-state index contributed by atoms with van der Waals surface area (Å²) < 4.78 is 13.1. The number of aliphatic hydroxyl groups is 1. The lowest BCUT2D eigenvalue weighted by atomic mass is 10.0. The van der Waals surface area contributed by atoms with Crippen LogP contribution in [0.15, 0.2) is 30.3 Å². The van der Waals surface area contributed by atoms with Gasteiger partial charge < -0.3 is 10.0 Å². The van der Waals surface area contributed by atoms with Crippen molar-refractivity contribution in [2.75, 3.05) is 6.54 Å². The van der Waals surface area contributed by atoms with Crippen LogP contribution in [0.4, 0.5) is 4.39 Å². The number of amides is 1. The van der Waals surface area contributed by atoms with Crippen molar-refractivity contribution >= 4 is 5.91 Å². The Morgan fingerprint density at radius 3 is 2.74 bits per heavy atom. The third-order valence-corrected chi connectivity index (χ3v) is 4.63. The van der Waals surface area contributed by atoms with Crippen LogP contribution >= 0.6 is 0 Å². The maximum atomic E-state index is 13.1. The number of rotatable bonds is 3. The normalized spacial score (nSPS) is 24.2. The summed E-state index contributed by atoms with van der Waals surface area (Å²) in [5, 5.41) is 17.1. The second-order valence-corrected chi connectivity index (χ2v) is 6.40. The lowest BCUT2D eigenvalue weighted by Gasteiger charge is -2.23. The van der Waals surface area contributed by atoms with E-state index < -0.39 is 6.10 Å². The molecule has 1 aliphatic carbocycles. The first kappa shape index (κ1) is 14.4. The minimum atomic E-state index is -0.573. The lowest BCUT2D eigenvalue weighted by molar-refractivity contribution is 0.0710. The standard InChI is InChI=1S/C17H18FN3O2/c18-12-5-3-11(4-6-12)16-7-13(22)9-21(16)17(23)15-8-14(19-20-15)10-1-2-10/h3-6,8,10,13,16,22H,1-2,7,9H2,(H,19,20)/t13-,16+/m0/s1. The van der Waals surface area contributed by atoms with Crippen molar-refractivity contribution in [3.8, 4) is 0 Å². The van der Waals surface area contributed by atoms with E-state index in [1.807, 2.05) is 6.07 Å². The van der Waals surface area contributed by atoms with E-state index in [1.54, 1.807) is 17.0 Å². The van der Waals surface area contributed by atoms with Crippen LogP contribution in [0.5, 0.6) is 0 Å². The molecule has 2 atom stereocenters. The molecule has 2 N–H and O–H groups in total. The summed E-state index contributed by atoms with van der Waals surface area (Å²) in [7, 11) is 0. The van der Waals surface area contributed by atoms with E-state index >= 15 is 0 Å². The van der Waals surface area contributed by atoms with Crippen molar-refractivity contribution in [1.29, 1.82) is 0 Å². The topological polar surface area (TPSA) is 69.2 Å². The van der Waals surface area contributed by atoms with Gasteiger partial charge in [0.1, 0.15) is 11.5 Å². The molecule has 1 saturated carbocycles. The van der Waals surface area contributed by atoms with Crippen molar-refractivity contribution in [2.24, 2.45) is 0 Å². The zero-order valence-corrected chi connectivity index (χ0v) is 12.6. The summed E-state index contributed by atoms with van der Waals surface area (Å²) in [5.41, 5.74) is 2.22. The fourth-order valence-corrected chi connectivity index (χ4v) is 3.24.